The van der Waals surface area contributed by atoms with Crippen molar-refractivity contribution < 1.29 is 34.4 Å². The van der Waals surface area contributed by atoms with E-state index in [2.05, 4.69) is 48.9 Å². The highest BCUT2D eigenvalue weighted by Crippen LogP contribution is 2.68. The van der Waals surface area contributed by atoms with Crippen LogP contribution in [0.15, 0.2) is 46.9 Å². The third kappa shape index (κ3) is 6.53. The average molecular weight is 669 g/mol. The van der Waals surface area contributed by atoms with Crippen LogP contribution in [0.1, 0.15) is 96.1 Å². The standard InChI is InChI=1S/C37H52N2O7S/c1-5-16-47-23-36(44)14-11-28-26-10-13-35(43)20-37(45-21-33(2,3)22-46-37)15-12-29(35)31(26)27(17-34(28,36)4)25-8-6-24(7-9-25)18-38-32(42)39-19-30(40)41/h5-9,16,26-28,43-44H,10-15,17-23H2,1-4H3,(H,40,41)(H2,38,39,42). The van der Waals surface area contributed by atoms with Gasteiger partial charge < -0.3 is 35.4 Å². The Morgan fingerprint density at radius 2 is 1.74 bits per heavy atom. The van der Waals surface area contributed by atoms with Crippen LogP contribution < -0.4 is 10.6 Å². The van der Waals surface area contributed by atoms with E-state index in [4.69, 9.17) is 14.6 Å². The number of urea groups is 1. The van der Waals surface area contributed by atoms with Crippen LogP contribution in [-0.4, -0.2) is 69.8 Å². The van der Waals surface area contributed by atoms with Crippen molar-refractivity contribution in [3.8, 4) is 0 Å². The molecule has 0 radical (unpaired) electrons. The molecule has 6 unspecified atom stereocenters. The molecule has 258 valence electrons. The van der Waals surface area contributed by atoms with E-state index in [9.17, 15) is 19.8 Å². The molecule has 2 amide bonds. The summed E-state index contributed by atoms with van der Waals surface area (Å²) in [6.45, 7) is 9.69. The highest BCUT2D eigenvalue weighted by Gasteiger charge is 2.64. The van der Waals surface area contributed by atoms with Gasteiger partial charge in [0.05, 0.1) is 24.4 Å². The second-order valence-electron chi connectivity index (χ2n) is 15.7. The van der Waals surface area contributed by atoms with Gasteiger partial charge in [-0.05, 0) is 79.4 Å². The van der Waals surface area contributed by atoms with Crippen LogP contribution in [0.3, 0.4) is 0 Å². The summed E-state index contributed by atoms with van der Waals surface area (Å²) in [4.78, 5) is 22.8. The molecule has 4 fully saturated rings. The smallest absolute Gasteiger partial charge is 0.323 e. The lowest BCUT2D eigenvalue weighted by Crippen LogP contribution is -2.58. The fourth-order valence-corrected chi connectivity index (χ4v) is 10.5. The first-order valence-electron chi connectivity index (χ1n) is 17.2. The lowest BCUT2D eigenvalue weighted by Gasteiger charge is -2.58. The van der Waals surface area contributed by atoms with E-state index in [-0.39, 0.29) is 29.2 Å². The Labute approximate surface area is 282 Å². The first kappa shape index (κ1) is 34.5. The second kappa shape index (κ2) is 12.8. The maximum atomic E-state index is 12.5. The van der Waals surface area contributed by atoms with E-state index >= 15 is 0 Å². The lowest BCUT2D eigenvalue weighted by molar-refractivity contribution is -0.322. The Morgan fingerprint density at radius 3 is 2.43 bits per heavy atom. The Hall–Kier alpha value is -2.37. The van der Waals surface area contributed by atoms with Gasteiger partial charge in [0.2, 0.25) is 0 Å². The zero-order chi connectivity index (χ0) is 33.7. The summed E-state index contributed by atoms with van der Waals surface area (Å²) in [5.41, 5.74) is 2.50. The number of aliphatic hydroxyl groups is 2. The van der Waals surface area contributed by atoms with Crippen molar-refractivity contribution >= 4 is 23.8 Å². The fourth-order valence-electron chi connectivity index (χ4n) is 9.43. The summed E-state index contributed by atoms with van der Waals surface area (Å²) in [6, 6.07) is 7.75. The Kier molecular flexibility index (Phi) is 9.41. The van der Waals surface area contributed by atoms with Crippen molar-refractivity contribution in [3.63, 3.8) is 0 Å². The number of benzene rings is 1. The van der Waals surface area contributed by atoms with Crippen LogP contribution in [0.2, 0.25) is 0 Å². The minimum atomic E-state index is -1.10. The predicted molar refractivity (Wildman–Crippen MR) is 182 cm³/mol. The molecule has 5 N–H and O–H groups in total. The summed E-state index contributed by atoms with van der Waals surface area (Å²) in [7, 11) is 0. The van der Waals surface area contributed by atoms with Gasteiger partial charge >= 0.3 is 12.0 Å². The molecular weight excluding hydrogens is 616 g/mol. The summed E-state index contributed by atoms with van der Waals surface area (Å²) < 4.78 is 12.8. The van der Waals surface area contributed by atoms with Crippen molar-refractivity contribution in [3.05, 3.63) is 58.0 Å². The zero-order valence-electron chi connectivity index (χ0n) is 28.3. The molecule has 4 aliphatic carbocycles. The Balaban J connectivity index is 1.32. The number of hydrogen-bond acceptors (Lipinski definition) is 7. The van der Waals surface area contributed by atoms with Crippen molar-refractivity contribution in [2.45, 2.75) is 109 Å². The van der Waals surface area contributed by atoms with Crippen molar-refractivity contribution in [2.75, 3.05) is 25.5 Å². The minimum absolute atomic E-state index is 0.0430. The summed E-state index contributed by atoms with van der Waals surface area (Å²) in [5, 5.41) is 40.8. The van der Waals surface area contributed by atoms with E-state index < -0.39 is 35.5 Å². The largest absolute Gasteiger partial charge is 0.480 e. The molecule has 6 rings (SSSR count). The molecule has 1 aromatic carbocycles. The molecule has 1 aliphatic heterocycles. The van der Waals surface area contributed by atoms with Crippen LogP contribution in [0.4, 0.5) is 4.79 Å². The molecule has 10 heteroatoms. The molecule has 5 aliphatic rings. The van der Waals surface area contributed by atoms with Gasteiger partial charge in [0, 0.05) is 41.9 Å². The fraction of sp³-hybridized carbons (Fsp3) is 0.676. The first-order valence-corrected chi connectivity index (χ1v) is 18.3. The molecule has 1 aromatic rings. The van der Waals surface area contributed by atoms with Crippen LogP contribution >= 0.6 is 11.8 Å². The van der Waals surface area contributed by atoms with E-state index in [0.29, 0.717) is 37.7 Å². The van der Waals surface area contributed by atoms with Gasteiger partial charge in [-0.25, -0.2) is 4.79 Å². The van der Waals surface area contributed by atoms with Crippen molar-refractivity contribution in [2.24, 2.45) is 22.7 Å². The summed E-state index contributed by atoms with van der Waals surface area (Å²) in [6.07, 6.45) is 8.06. The van der Waals surface area contributed by atoms with Gasteiger partial charge in [-0.3, -0.25) is 4.79 Å². The second-order valence-corrected chi connectivity index (χ2v) is 16.6. The topological polar surface area (TPSA) is 137 Å². The first-order chi connectivity index (χ1) is 22.2. The van der Waals surface area contributed by atoms with Crippen LogP contribution in [0.25, 0.3) is 0 Å². The van der Waals surface area contributed by atoms with Crippen molar-refractivity contribution in [1.82, 2.24) is 10.6 Å². The van der Waals surface area contributed by atoms with Gasteiger partial charge in [-0.15, -0.1) is 11.8 Å². The number of nitrogens with one attached hydrogen (secondary N) is 2. The quantitative estimate of drug-likeness (QED) is 0.217. The number of hydrogen-bond donors (Lipinski definition) is 5. The molecule has 0 aromatic heterocycles. The van der Waals surface area contributed by atoms with E-state index in [1.165, 1.54) is 11.1 Å². The highest BCUT2D eigenvalue weighted by atomic mass is 32.2. The van der Waals surface area contributed by atoms with Gasteiger partial charge in [0.1, 0.15) is 6.54 Å². The molecule has 1 heterocycles. The molecule has 9 nitrogen and oxygen atoms in total. The lowest BCUT2D eigenvalue weighted by atomic mass is 9.50. The SMILES string of the molecule is CC=CSCC1(O)CCC2C3CCC4(O)CC5(CCC4=C3C(c3ccc(CNC(=O)NCC(=O)O)cc3)CC21C)OCC(C)(C)CO5. The van der Waals surface area contributed by atoms with Gasteiger partial charge in [-0.2, -0.15) is 0 Å². The third-order valence-electron chi connectivity index (χ3n) is 12.0. The molecule has 47 heavy (non-hydrogen) atoms. The molecule has 3 saturated carbocycles. The number of amides is 2. The molecule has 1 spiro atoms. The molecule has 0 bridgehead atoms. The molecule has 6 atom stereocenters. The summed E-state index contributed by atoms with van der Waals surface area (Å²) in [5.74, 6) is -0.503. The maximum absolute atomic E-state index is 12.5. The van der Waals surface area contributed by atoms with Crippen LogP contribution in [0, 0.1) is 22.7 Å². The monoisotopic (exact) mass is 668 g/mol. The normalized spacial score (nSPS) is 35.7. The van der Waals surface area contributed by atoms with Gasteiger partial charge in [-0.1, -0.05) is 56.7 Å². The number of ether oxygens (including phenoxy) is 2. The number of carbonyl (C=O) groups excluding carboxylic acids is 1. The van der Waals surface area contributed by atoms with Crippen LogP contribution in [0.5, 0.6) is 0 Å². The molecule has 1 saturated heterocycles. The Morgan fingerprint density at radius 1 is 1.02 bits per heavy atom. The van der Waals surface area contributed by atoms with E-state index in [1.807, 2.05) is 25.1 Å². The number of rotatable bonds is 8. The Bertz CT molecular complexity index is 1420. The number of carboxylic acid groups (broad SMARTS) is 1. The van der Waals surface area contributed by atoms with E-state index in [1.54, 1.807) is 11.8 Å². The third-order valence-corrected chi connectivity index (χ3v) is 13.1. The number of carbonyl (C=O) groups is 2. The number of carboxylic acids is 1. The number of allylic oxidation sites excluding steroid dienone is 2. The number of aliphatic carboxylic acids is 1. The van der Waals surface area contributed by atoms with E-state index in [0.717, 1.165) is 49.7 Å². The zero-order valence-corrected chi connectivity index (χ0v) is 29.1. The minimum Gasteiger partial charge on any atom is -0.480 e. The maximum Gasteiger partial charge on any atom is 0.323 e. The summed E-state index contributed by atoms with van der Waals surface area (Å²) >= 11 is 1.69. The molecular formula is C37H52N2O7S. The average Bonchev–Trinajstić information content (AvgIpc) is 3.30. The predicted octanol–water partition coefficient (Wildman–Crippen LogP) is 5.86. The number of thioether (sulfide) groups is 1. The van der Waals surface area contributed by atoms with Crippen LogP contribution in [-0.2, 0) is 20.8 Å². The highest BCUT2D eigenvalue weighted by molar-refractivity contribution is 8.02. The van der Waals surface area contributed by atoms with Gasteiger partial charge in [0.25, 0.3) is 0 Å². The van der Waals surface area contributed by atoms with Gasteiger partial charge in [0.15, 0.2) is 5.79 Å². The number of fused-ring (bicyclic) bond motifs is 4. The van der Waals surface area contributed by atoms with Crippen molar-refractivity contribution in [1.29, 1.82) is 0 Å².